The summed E-state index contributed by atoms with van der Waals surface area (Å²) >= 11 is 0. The van der Waals surface area contributed by atoms with E-state index in [1.807, 2.05) is 14.1 Å². The fraction of sp³-hybridized carbons (Fsp3) is 0.889. The van der Waals surface area contributed by atoms with Crippen LogP contribution < -0.4 is 0 Å². The number of rotatable bonds is 3. The van der Waals surface area contributed by atoms with E-state index in [1.54, 1.807) is 0 Å². The predicted octanol–water partition coefficient (Wildman–Crippen LogP) is 0.374. The van der Waals surface area contributed by atoms with E-state index in [0.29, 0.717) is 19.0 Å². The third-order valence-electron chi connectivity index (χ3n) is 2.55. The van der Waals surface area contributed by atoms with Gasteiger partial charge in [-0.05, 0) is 32.9 Å². The molecule has 1 fully saturated rings. The molecule has 0 aromatic carbocycles. The molecule has 0 N–H and O–H groups in total. The van der Waals surface area contributed by atoms with Crippen molar-refractivity contribution in [1.82, 2.24) is 9.96 Å². The fourth-order valence-corrected chi connectivity index (χ4v) is 2.04. The SMILES string of the molecule is CN(C)CC1CCN(OC(=O)N=S(=O)=O)CC1. The van der Waals surface area contributed by atoms with Gasteiger partial charge in [0, 0.05) is 19.6 Å². The monoisotopic (exact) mass is 263 g/mol. The molecule has 1 rings (SSSR count). The van der Waals surface area contributed by atoms with Crippen molar-refractivity contribution < 1.29 is 18.0 Å². The van der Waals surface area contributed by atoms with Crippen LogP contribution in [-0.2, 0) is 15.3 Å². The van der Waals surface area contributed by atoms with E-state index in [2.05, 4.69) is 9.26 Å². The van der Waals surface area contributed by atoms with Gasteiger partial charge in [0.1, 0.15) is 0 Å². The quantitative estimate of drug-likeness (QED) is 0.732. The highest BCUT2D eigenvalue weighted by molar-refractivity contribution is 7.62. The number of hydrogen-bond donors (Lipinski definition) is 0. The summed E-state index contributed by atoms with van der Waals surface area (Å²) in [6.07, 6.45) is 0.766. The van der Waals surface area contributed by atoms with Gasteiger partial charge in [0.25, 0.3) is 0 Å². The zero-order valence-electron chi connectivity index (χ0n) is 10.00. The first-order valence-electron chi connectivity index (χ1n) is 5.40. The van der Waals surface area contributed by atoms with Crippen LogP contribution in [0.25, 0.3) is 0 Å². The minimum atomic E-state index is -2.75. The molecule has 0 aliphatic carbocycles. The van der Waals surface area contributed by atoms with Gasteiger partial charge in [-0.15, -0.1) is 5.06 Å². The summed E-state index contributed by atoms with van der Waals surface area (Å²) in [7, 11) is 1.30. The molecule has 0 aromatic rings. The lowest BCUT2D eigenvalue weighted by Crippen LogP contribution is -2.37. The lowest BCUT2D eigenvalue weighted by molar-refractivity contribution is -0.115. The van der Waals surface area contributed by atoms with Crippen LogP contribution in [0.4, 0.5) is 4.79 Å². The highest BCUT2D eigenvalue weighted by Gasteiger charge is 2.22. The zero-order chi connectivity index (χ0) is 12.8. The van der Waals surface area contributed by atoms with Crippen LogP contribution in [0.5, 0.6) is 0 Å². The molecule has 0 spiro atoms. The number of amides is 1. The van der Waals surface area contributed by atoms with Gasteiger partial charge in [-0.25, -0.2) is 4.79 Å². The molecule has 98 valence electrons. The number of nitrogens with zero attached hydrogens (tertiary/aromatic N) is 3. The number of hydroxylamine groups is 2. The van der Waals surface area contributed by atoms with Crippen LogP contribution in [0, 0.1) is 5.92 Å². The predicted molar refractivity (Wildman–Crippen MR) is 60.7 cm³/mol. The Labute approximate surface area is 102 Å². The molecule has 0 saturated carbocycles. The molecule has 1 aliphatic rings. The van der Waals surface area contributed by atoms with Gasteiger partial charge in [-0.3, -0.25) is 0 Å². The lowest BCUT2D eigenvalue weighted by atomic mass is 9.98. The van der Waals surface area contributed by atoms with Crippen LogP contribution in [0.15, 0.2) is 4.36 Å². The summed E-state index contributed by atoms with van der Waals surface area (Å²) in [6, 6.07) is 0. The van der Waals surface area contributed by atoms with Crippen molar-refractivity contribution in [3.63, 3.8) is 0 Å². The second-order valence-electron chi connectivity index (χ2n) is 4.30. The Hall–Kier alpha value is -0.990. The summed E-state index contributed by atoms with van der Waals surface area (Å²) in [5.74, 6) is 0.588. The first-order valence-corrected chi connectivity index (χ1v) is 6.43. The molecular formula is C9H17N3O4S. The van der Waals surface area contributed by atoms with Crippen LogP contribution in [0.3, 0.4) is 0 Å². The van der Waals surface area contributed by atoms with E-state index in [0.717, 1.165) is 19.4 Å². The van der Waals surface area contributed by atoms with Crippen molar-refractivity contribution in [3.05, 3.63) is 0 Å². The van der Waals surface area contributed by atoms with E-state index >= 15 is 0 Å². The van der Waals surface area contributed by atoms with E-state index in [1.165, 1.54) is 5.06 Å². The molecule has 1 saturated heterocycles. The first kappa shape index (κ1) is 14.1. The molecule has 1 aliphatic heterocycles. The Morgan fingerprint density at radius 3 is 2.47 bits per heavy atom. The maximum atomic E-state index is 10.9. The molecule has 7 nitrogen and oxygen atoms in total. The molecule has 0 unspecified atom stereocenters. The molecule has 17 heavy (non-hydrogen) atoms. The van der Waals surface area contributed by atoms with E-state index in [9.17, 15) is 13.2 Å². The number of hydrogen-bond acceptors (Lipinski definition) is 6. The van der Waals surface area contributed by atoms with Crippen LogP contribution >= 0.6 is 0 Å². The van der Waals surface area contributed by atoms with E-state index in [-0.39, 0.29) is 0 Å². The van der Waals surface area contributed by atoms with Crippen LogP contribution in [0.2, 0.25) is 0 Å². The van der Waals surface area contributed by atoms with Crippen LogP contribution in [-0.4, -0.2) is 58.2 Å². The Morgan fingerprint density at radius 2 is 2.00 bits per heavy atom. The van der Waals surface area contributed by atoms with Crippen molar-refractivity contribution in [2.75, 3.05) is 33.7 Å². The topological polar surface area (TPSA) is 79.3 Å². The second-order valence-corrected chi connectivity index (χ2v) is 4.92. The number of piperidine rings is 1. The minimum Gasteiger partial charge on any atom is -0.349 e. The summed E-state index contributed by atoms with van der Waals surface area (Å²) in [4.78, 5) is 17.9. The van der Waals surface area contributed by atoms with Gasteiger partial charge >= 0.3 is 16.6 Å². The van der Waals surface area contributed by atoms with Gasteiger partial charge < -0.3 is 9.74 Å². The molecular weight excluding hydrogens is 246 g/mol. The summed E-state index contributed by atoms with van der Waals surface area (Å²) in [5.41, 5.74) is 0. The highest BCUT2D eigenvalue weighted by Crippen LogP contribution is 2.17. The summed E-state index contributed by atoms with van der Waals surface area (Å²) < 4.78 is 23.0. The minimum absolute atomic E-state index is 0.588. The van der Waals surface area contributed by atoms with Gasteiger partial charge in [0.2, 0.25) is 0 Å². The van der Waals surface area contributed by atoms with Crippen molar-refractivity contribution >= 4 is 16.6 Å². The van der Waals surface area contributed by atoms with Gasteiger partial charge in [-0.2, -0.15) is 8.42 Å². The van der Waals surface area contributed by atoms with E-state index in [4.69, 9.17) is 4.84 Å². The molecule has 0 radical (unpaired) electrons. The zero-order valence-corrected chi connectivity index (χ0v) is 10.8. The first-order chi connectivity index (χ1) is 7.97. The summed E-state index contributed by atoms with van der Waals surface area (Å²) in [6.45, 7) is 2.24. The van der Waals surface area contributed by atoms with Crippen molar-refractivity contribution in [1.29, 1.82) is 0 Å². The van der Waals surface area contributed by atoms with Crippen molar-refractivity contribution in [2.24, 2.45) is 10.3 Å². The Kier molecular flexibility index (Phi) is 5.52. The molecule has 0 atom stereocenters. The average Bonchev–Trinajstić information content (AvgIpc) is 2.18. The molecule has 8 heteroatoms. The Bertz CT molecular complexity index is 377. The number of carbonyl (C=O) groups excluding carboxylic acids is 1. The van der Waals surface area contributed by atoms with E-state index < -0.39 is 16.6 Å². The molecule has 1 amide bonds. The van der Waals surface area contributed by atoms with Crippen molar-refractivity contribution in [2.45, 2.75) is 12.8 Å². The lowest BCUT2D eigenvalue weighted by Gasteiger charge is -2.31. The largest absolute Gasteiger partial charge is 0.467 e. The van der Waals surface area contributed by atoms with Crippen molar-refractivity contribution in [3.8, 4) is 0 Å². The maximum Gasteiger partial charge on any atom is 0.467 e. The standard InChI is InChI=1S/C9H17N3O4S/c1-11(2)7-8-3-5-12(6-4-8)16-9(13)10-17(14)15/h8H,3-7H2,1-2H3. The Morgan fingerprint density at radius 1 is 1.41 bits per heavy atom. The highest BCUT2D eigenvalue weighted by atomic mass is 32.2. The third-order valence-corrected chi connectivity index (χ3v) is 2.85. The normalized spacial score (nSPS) is 18.1. The van der Waals surface area contributed by atoms with Crippen LogP contribution in [0.1, 0.15) is 12.8 Å². The molecule has 0 aromatic heterocycles. The number of carbonyl (C=O) groups is 1. The fourth-order valence-electron chi connectivity index (χ4n) is 1.89. The van der Waals surface area contributed by atoms with Gasteiger partial charge in [-0.1, -0.05) is 4.36 Å². The van der Waals surface area contributed by atoms with Gasteiger partial charge in [0.15, 0.2) is 0 Å². The second kappa shape index (κ2) is 6.67. The molecule has 0 bridgehead atoms. The Balaban J connectivity index is 2.32. The third kappa shape index (κ3) is 5.76. The van der Waals surface area contributed by atoms with Gasteiger partial charge in [0.05, 0.1) is 0 Å². The smallest absolute Gasteiger partial charge is 0.349 e. The molecule has 1 heterocycles. The summed E-state index contributed by atoms with van der Waals surface area (Å²) in [5, 5.41) is 1.46. The average molecular weight is 263 g/mol. The maximum absolute atomic E-state index is 10.9.